The molecule has 0 spiro atoms. The molecule has 1 saturated heterocycles. The maximum atomic E-state index is 12.7. The molecule has 1 amide bonds. The molecule has 2 aromatic rings. The molecular weight excluding hydrogens is 477 g/mol. The van der Waals surface area contributed by atoms with E-state index >= 15 is 0 Å². The number of amides is 1. The second-order valence-electron chi connectivity index (χ2n) is 7.68. The van der Waals surface area contributed by atoms with E-state index in [1.165, 1.54) is 13.3 Å². The number of benzene rings is 1. The summed E-state index contributed by atoms with van der Waals surface area (Å²) >= 11 is 5.84. The molecule has 1 aliphatic rings. The topological polar surface area (TPSA) is 85.3 Å². The molecule has 8 nitrogen and oxygen atoms in total. The number of carbonyl (C=O) groups excluding carboxylic acids is 1. The van der Waals surface area contributed by atoms with Gasteiger partial charge >= 0.3 is 6.18 Å². The fraction of sp³-hybridized carbons (Fsp3) is 0.409. The Kier molecular flexibility index (Phi) is 8.21. The van der Waals surface area contributed by atoms with Crippen LogP contribution in [0.2, 0.25) is 5.02 Å². The molecular formula is C22H24ClF3N4O4. The zero-order valence-corrected chi connectivity index (χ0v) is 19.5. The zero-order chi connectivity index (χ0) is 24.9. The van der Waals surface area contributed by atoms with E-state index in [4.69, 9.17) is 25.8 Å². The third kappa shape index (κ3) is 6.73. The van der Waals surface area contributed by atoms with E-state index in [2.05, 4.69) is 15.5 Å². The van der Waals surface area contributed by atoms with Crippen molar-refractivity contribution in [3.63, 3.8) is 0 Å². The maximum absolute atomic E-state index is 12.7. The monoisotopic (exact) mass is 500 g/mol. The van der Waals surface area contributed by atoms with Crippen LogP contribution in [0.15, 0.2) is 35.6 Å². The van der Waals surface area contributed by atoms with Crippen LogP contribution in [-0.4, -0.2) is 61.0 Å². The van der Waals surface area contributed by atoms with Crippen LogP contribution in [-0.2, 0) is 15.7 Å². The van der Waals surface area contributed by atoms with Crippen molar-refractivity contribution in [2.45, 2.75) is 32.2 Å². The quantitative estimate of drug-likeness (QED) is 0.452. The molecule has 12 heteroatoms. The van der Waals surface area contributed by atoms with Crippen LogP contribution in [0.25, 0.3) is 0 Å². The Bertz CT molecular complexity index is 1040. The predicted molar refractivity (Wildman–Crippen MR) is 121 cm³/mol. The number of aromatic nitrogens is 1. The van der Waals surface area contributed by atoms with Crippen LogP contribution in [0.4, 0.5) is 19.0 Å². The number of nitrogens with zero attached hydrogens (tertiary/aromatic N) is 3. The number of hydrazone groups is 1. The summed E-state index contributed by atoms with van der Waals surface area (Å²) in [7, 11) is 1.46. The lowest BCUT2D eigenvalue weighted by atomic mass is 10.2. The molecule has 0 radical (unpaired) electrons. The summed E-state index contributed by atoms with van der Waals surface area (Å²) in [6.07, 6.45) is -2.55. The number of morpholine rings is 1. The molecule has 2 atom stereocenters. The lowest BCUT2D eigenvalue weighted by Gasteiger charge is -2.35. The summed E-state index contributed by atoms with van der Waals surface area (Å²) in [5.74, 6) is 0.580. The van der Waals surface area contributed by atoms with Gasteiger partial charge < -0.3 is 19.1 Å². The van der Waals surface area contributed by atoms with Crippen LogP contribution in [0.3, 0.4) is 0 Å². The minimum absolute atomic E-state index is 0.0249. The Morgan fingerprint density at radius 2 is 2.00 bits per heavy atom. The standard InChI is InChI=1S/C22H24ClF3N4O4/c1-13-10-30(11-14(2)34-13)20(31)12-33-18-5-4-15(6-19(18)32-3)8-28-29-21-17(23)7-16(9-27-21)22(24,25)26/h4-9,13-14H,10-12H2,1-3H3,(H,27,29)/b28-8-/t13-,14-/m0/s1. The van der Waals surface area contributed by atoms with Gasteiger partial charge in [0.25, 0.3) is 5.91 Å². The zero-order valence-electron chi connectivity index (χ0n) is 18.7. The van der Waals surface area contributed by atoms with Crippen LogP contribution < -0.4 is 14.9 Å². The van der Waals surface area contributed by atoms with Crippen molar-refractivity contribution in [2.24, 2.45) is 5.10 Å². The summed E-state index contributed by atoms with van der Waals surface area (Å²) in [5.41, 5.74) is 2.15. The van der Waals surface area contributed by atoms with E-state index in [9.17, 15) is 18.0 Å². The first-order valence-corrected chi connectivity index (χ1v) is 10.7. The largest absolute Gasteiger partial charge is 0.493 e. The van der Waals surface area contributed by atoms with E-state index in [0.717, 1.165) is 6.07 Å². The molecule has 3 rings (SSSR count). The smallest absolute Gasteiger partial charge is 0.417 e. The van der Waals surface area contributed by atoms with Gasteiger partial charge in [-0.1, -0.05) is 11.6 Å². The van der Waals surface area contributed by atoms with Crippen molar-refractivity contribution in [3.8, 4) is 11.5 Å². The Morgan fingerprint density at radius 1 is 1.29 bits per heavy atom. The van der Waals surface area contributed by atoms with Crippen molar-refractivity contribution < 1.29 is 32.2 Å². The van der Waals surface area contributed by atoms with Crippen LogP contribution in [0, 0.1) is 0 Å². The normalized spacial score (nSPS) is 18.7. The highest BCUT2D eigenvalue weighted by molar-refractivity contribution is 6.32. The highest BCUT2D eigenvalue weighted by atomic mass is 35.5. The van der Waals surface area contributed by atoms with Gasteiger partial charge in [0.05, 0.1) is 36.1 Å². The maximum Gasteiger partial charge on any atom is 0.417 e. The van der Waals surface area contributed by atoms with Gasteiger partial charge in [-0.05, 0) is 43.7 Å². The van der Waals surface area contributed by atoms with Crippen LogP contribution in [0.1, 0.15) is 25.0 Å². The molecule has 0 aliphatic carbocycles. The molecule has 0 saturated carbocycles. The number of pyridine rings is 1. The fourth-order valence-electron chi connectivity index (χ4n) is 3.34. The van der Waals surface area contributed by atoms with Crippen molar-refractivity contribution in [1.82, 2.24) is 9.88 Å². The third-order valence-corrected chi connectivity index (χ3v) is 5.15. The second kappa shape index (κ2) is 10.9. The number of hydrogen-bond donors (Lipinski definition) is 1. The highest BCUT2D eigenvalue weighted by Gasteiger charge is 2.31. The molecule has 1 aliphatic heterocycles. The summed E-state index contributed by atoms with van der Waals surface area (Å²) < 4.78 is 54.7. The Hall–Kier alpha value is -3.05. The first kappa shape index (κ1) is 25.6. The van der Waals surface area contributed by atoms with E-state index in [-0.39, 0.29) is 35.6 Å². The number of methoxy groups -OCH3 is 1. The summed E-state index contributed by atoms with van der Waals surface area (Å²) in [4.78, 5) is 17.9. The van der Waals surface area contributed by atoms with E-state index in [1.54, 1.807) is 23.1 Å². The van der Waals surface area contributed by atoms with Gasteiger partial charge in [0.2, 0.25) is 0 Å². The van der Waals surface area contributed by atoms with Crippen LogP contribution >= 0.6 is 11.6 Å². The fourth-order valence-corrected chi connectivity index (χ4v) is 3.55. The predicted octanol–water partition coefficient (Wildman–Crippen LogP) is 4.22. The SMILES string of the molecule is COc1cc(/C=N\Nc2ncc(C(F)(F)F)cc2Cl)ccc1OCC(=O)N1C[C@H](C)O[C@@H](C)C1. The van der Waals surface area contributed by atoms with Crippen molar-refractivity contribution in [1.29, 1.82) is 0 Å². The highest BCUT2D eigenvalue weighted by Crippen LogP contribution is 2.32. The molecule has 184 valence electrons. The molecule has 0 unspecified atom stereocenters. The van der Waals surface area contributed by atoms with Crippen molar-refractivity contribution >= 4 is 29.5 Å². The van der Waals surface area contributed by atoms with Gasteiger partial charge in [-0.25, -0.2) is 4.98 Å². The lowest BCUT2D eigenvalue weighted by Crippen LogP contribution is -2.49. The number of hydrogen-bond acceptors (Lipinski definition) is 7. The number of nitrogens with one attached hydrogen (secondary N) is 1. The molecule has 0 bridgehead atoms. The number of alkyl halides is 3. The van der Waals surface area contributed by atoms with E-state index < -0.39 is 11.7 Å². The average Bonchev–Trinajstić information content (AvgIpc) is 2.77. The summed E-state index contributed by atoms with van der Waals surface area (Å²) in [6, 6.07) is 5.70. The molecule has 1 aromatic carbocycles. The molecule has 1 N–H and O–H groups in total. The molecule has 34 heavy (non-hydrogen) atoms. The van der Waals surface area contributed by atoms with Gasteiger partial charge in [0.1, 0.15) is 0 Å². The third-order valence-electron chi connectivity index (χ3n) is 4.86. The van der Waals surface area contributed by atoms with Gasteiger partial charge in [0.15, 0.2) is 23.9 Å². The number of halogens is 4. The van der Waals surface area contributed by atoms with Crippen molar-refractivity contribution in [2.75, 3.05) is 32.2 Å². The number of rotatable bonds is 7. The van der Waals surface area contributed by atoms with Gasteiger partial charge in [-0.3, -0.25) is 10.2 Å². The summed E-state index contributed by atoms with van der Waals surface area (Å²) in [5, 5.41) is 3.73. The minimum atomic E-state index is -4.54. The average molecular weight is 501 g/mol. The number of anilines is 1. The molecule has 1 aromatic heterocycles. The van der Waals surface area contributed by atoms with Crippen LogP contribution in [0.5, 0.6) is 11.5 Å². The minimum Gasteiger partial charge on any atom is -0.493 e. The van der Waals surface area contributed by atoms with E-state index in [0.29, 0.717) is 36.3 Å². The van der Waals surface area contributed by atoms with Gasteiger partial charge in [-0.2, -0.15) is 18.3 Å². The Balaban J connectivity index is 1.60. The van der Waals surface area contributed by atoms with Gasteiger partial charge in [-0.15, -0.1) is 0 Å². The summed E-state index contributed by atoms with van der Waals surface area (Å²) in [6.45, 7) is 4.68. The lowest BCUT2D eigenvalue weighted by molar-refractivity contribution is -0.145. The molecule has 1 fully saturated rings. The first-order valence-electron chi connectivity index (χ1n) is 10.3. The van der Waals surface area contributed by atoms with E-state index in [1.807, 2.05) is 13.8 Å². The number of carbonyl (C=O) groups is 1. The molecule has 2 heterocycles. The first-order chi connectivity index (χ1) is 16.1. The van der Waals surface area contributed by atoms with Gasteiger partial charge in [0, 0.05) is 19.3 Å². The Labute approximate surface area is 199 Å². The second-order valence-corrected chi connectivity index (χ2v) is 8.08. The van der Waals surface area contributed by atoms with Crippen molar-refractivity contribution in [3.05, 3.63) is 46.6 Å². The number of ether oxygens (including phenoxy) is 3. The Morgan fingerprint density at radius 3 is 2.62 bits per heavy atom.